The highest BCUT2D eigenvalue weighted by molar-refractivity contribution is 4.88. The van der Waals surface area contributed by atoms with E-state index in [2.05, 4.69) is 24.1 Å². The minimum atomic E-state index is 0.762. The lowest BCUT2D eigenvalue weighted by molar-refractivity contribution is 0.101. The van der Waals surface area contributed by atoms with Crippen LogP contribution in [-0.4, -0.2) is 37.1 Å². The molecule has 0 amide bonds. The highest BCUT2D eigenvalue weighted by atomic mass is 15.2. The molecule has 2 saturated carbocycles. The molecule has 0 aromatic rings. The zero-order chi connectivity index (χ0) is 13.9. The Bertz CT molecular complexity index is 290. The lowest BCUT2D eigenvalue weighted by Gasteiger charge is -2.41. The molecule has 3 fully saturated rings. The average Bonchev–Trinajstić information content (AvgIpc) is 3.13. The van der Waals surface area contributed by atoms with Gasteiger partial charge < -0.3 is 10.2 Å². The van der Waals surface area contributed by atoms with Crippen LogP contribution in [0, 0.1) is 23.7 Å². The van der Waals surface area contributed by atoms with Crippen LogP contribution in [0.4, 0.5) is 0 Å². The Balaban J connectivity index is 1.51. The lowest BCUT2D eigenvalue weighted by atomic mass is 9.85. The van der Waals surface area contributed by atoms with Gasteiger partial charge in [0.25, 0.3) is 0 Å². The van der Waals surface area contributed by atoms with Crippen LogP contribution in [0.1, 0.15) is 58.8 Å². The van der Waals surface area contributed by atoms with Crippen LogP contribution in [0.3, 0.4) is 0 Å². The van der Waals surface area contributed by atoms with Crippen molar-refractivity contribution in [3.05, 3.63) is 0 Å². The summed E-state index contributed by atoms with van der Waals surface area (Å²) in [6.45, 7) is 10.2. The van der Waals surface area contributed by atoms with Gasteiger partial charge in [-0.05, 0) is 62.3 Å². The third-order valence-corrected chi connectivity index (χ3v) is 5.88. The molecule has 2 aliphatic carbocycles. The molecule has 2 atom stereocenters. The maximum absolute atomic E-state index is 3.88. The smallest absolute Gasteiger partial charge is 0.0198 e. The first-order valence-corrected chi connectivity index (χ1v) is 9.16. The fourth-order valence-electron chi connectivity index (χ4n) is 4.23. The number of hydrogen-bond acceptors (Lipinski definition) is 2. The predicted molar refractivity (Wildman–Crippen MR) is 85.9 cm³/mol. The van der Waals surface area contributed by atoms with Crippen molar-refractivity contribution < 1.29 is 0 Å². The van der Waals surface area contributed by atoms with E-state index >= 15 is 0 Å². The Morgan fingerprint density at radius 2 is 1.75 bits per heavy atom. The molecule has 0 aromatic heterocycles. The van der Waals surface area contributed by atoms with Crippen molar-refractivity contribution in [2.75, 3.05) is 26.2 Å². The summed E-state index contributed by atoms with van der Waals surface area (Å²) < 4.78 is 0. The van der Waals surface area contributed by atoms with Gasteiger partial charge in [0.15, 0.2) is 0 Å². The van der Waals surface area contributed by atoms with Gasteiger partial charge in [0, 0.05) is 25.7 Å². The summed E-state index contributed by atoms with van der Waals surface area (Å²) in [5, 5.41) is 3.88. The average molecular weight is 278 g/mol. The third kappa shape index (κ3) is 4.21. The minimum Gasteiger partial charge on any atom is -0.312 e. The van der Waals surface area contributed by atoms with Crippen molar-refractivity contribution in [1.82, 2.24) is 10.2 Å². The molecule has 2 heteroatoms. The normalized spacial score (nSPS) is 33.1. The van der Waals surface area contributed by atoms with Gasteiger partial charge in [-0.2, -0.15) is 0 Å². The minimum absolute atomic E-state index is 0.762. The van der Waals surface area contributed by atoms with Crippen LogP contribution >= 0.6 is 0 Å². The van der Waals surface area contributed by atoms with E-state index in [0.29, 0.717) is 0 Å². The van der Waals surface area contributed by atoms with E-state index in [4.69, 9.17) is 0 Å². The van der Waals surface area contributed by atoms with Crippen molar-refractivity contribution in [3.8, 4) is 0 Å². The Labute approximate surface area is 125 Å². The highest BCUT2D eigenvalue weighted by Crippen LogP contribution is 2.31. The highest BCUT2D eigenvalue weighted by Gasteiger charge is 2.31. The van der Waals surface area contributed by atoms with Crippen LogP contribution in [0.2, 0.25) is 0 Å². The summed E-state index contributed by atoms with van der Waals surface area (Å²) in [6.07, 6.45) is 10.3. The van der Waals surface area contributed by atoms with Gasteiger partial charge in [0.2, 0.25) is 0 Å². The molecule has 0 spiro atoms. The zero-order valence-corrected chi connectivity index (χ0v) is 13.6. The van der Waals surface area contributed by atoms with E-state index in [-0.39, 0.29) is 0 Å². The Morgan fingerprint density at radius 1 is 1.00 bits per heavy atom. The van der Waals surface area contributed by atoms with E-state index < -0.39 is 0 Å². The van der Waals surface area contributed by atoms with Gasteiger partial charge >= 0.3 is 0 Å². The van der Waals surface area contributed by atoms with Crippen LogP contribution in [-0.2, 0) is 0 Å². The number of nitrogens with zero attached hydrogens (tertiary/aromatic N) is 1. The molecule has 0 bridgehead atoms. The molecule has 1 saturated heterocycles. The van der Waals surface area contributed by atoms with Gasteiger partial charge in [0.1, 0.15) is 0 Å². The summed E-state index contributed by atoms with van der Waals surface area (Å²) in [4.78, 5) is 2.80. The first kappa shape index (κ1) is 14.8. The summed E-state index contributed by atoms with van der Waals surface area (Å²) in [7, 11) is 0. The predicted octanol–water partition coefficient (Wildman–Crippen LogP) is 3.52. The molecule has 3 aliphatic rings. The Morgan fingerprint density at radius 3 is 2.40 bits per heavy atom. The largest absolute Gasteiger partial charge is 0.312 e. The van der Waals surface area contributed by atoms with Crippen molar-refractivity contribution >= 4 is 0 Å². The molecule has 116 valence electrons. The van der Waals surface area contributed by atoms with Crippen LogP contribution < -0.4 is 5.32 Å². The van der Waals surface area contributed by atoms with E-state index in [0.717, 1.165) is 29.7 Å². The number of piperidine rings is 1. The number of rotatable bonds is 6. The standard InChI is InChI=1S/C18H34N2/c1-14(2)17-9-18(19-10-15-7-8-15)13-20(12-17)11-16-5-3-4-6-16/h14-19H,3-13H2,1-2H3. The third-order valence-electron chi connectivity index (χ3n) is 5.88. The van der Waals surface area contributed by atoms with E-state index in [1.54, 1.807) is 0 Å². The van der Waals surface area contributed by atoms with Gasteiger partial charge in [0.05, 0.1) is 0 Å². The van der Waals surface area contributed by atoms with Crippen molar-refractivity contribution in [2.24, 2.45) is 23.7 Å². The topological polar surface area (TPSA) is 15.3 Å². The van der Waals surface area contributed by atoms with Gasteiger partial charge in [-0.1, -0.05) is 26.7 Å². The molecule has 20 heavy (non-hydrogen) atoms. The number of likely N-dealkylation sites (tertiary alicyclic amines) is 1. The molecule has 2 nitrogen and oxygen atoms in total. The van der Waals surface area contributed by atoms with Crippen molar-refractivity contribution in [1.29, 1.82) is 0 Å². The maximum Gasteiger partial charge on any atom is 0.0198 e. The lowest BCUT2D eigenvalue weighted by Crippen LogP contribution is -2.51. The molecule has 2 unspecified atom stereocenters. The van der Waals surface area contributed by atoms with Gasteiger partial charge in [-0.3, -0.25) is 0 Å². The second-order valence-electron chi connectivity index (χ2n) is 8.16. The Kier molecular flexibility index (Phi) is 5.04. The van der Waals surface area contributed by atoms with E-state index in [1.165, 1.54) is 71.1 Å². The van der Waals surface area contributed by atoms with Crippen molar-refractivity contribution in [2.45, 2.75) is 64.8 Å². The van der Waals surface area contributed by atoms with E-state index in [9.17, 15) is 0 Å². The first-order valence-electron chi connectivity index (χ1n) is 9.16. The zero-order valence-electron chi connectivity index (χ0n) is 13.6. The molecule has 3 rings (SSSR count). The van der Waals surface area contributed by atoms with E-state index in [1.807, 2.05) is 0 Å². The second kappa shape index (κ2) is 6.79. The molecular weight excluding hydrogens is 244 g/mol. The number of nitrogens with one attached hydrogen (secondary N) is 1. The number of hydrogen-bond donors (Lipinski definition) is 1. The Hall–Kier alpha value is -0.0800. The molecule has 1 heterocycles. The van der Waals surface area contributed by atoms with Gasteiger partial charge in [-0.25, -0.2) is 0 Å². The second-order valence-corrected chi connectivity index (χ2v) is 8.16. The fourth-order valence-corrected chi connectivity index (χ4v) is 4.23. The van der Waals surface area contributed by atoms with Crippen LogP contribution in [0.5, 0.6) is 0 Å². The van der Waals surface area contributed by atoms with Crippen LogP contribution in [0.25, 0.3) is 0 Å². The fraction of sp³-hybridized carbons (Fsp3) is 1.00. The summed E-state index contributed by atoms with van der Waals surface area (Å²) in [6, 6.07) is 0.762. The van der Waals surface area contributed by atoms with Crippen molar-refractivity contribution in [3.63, 3.8) is 0 Å². The summed E-state index contributed by atoms with van der Waals surface area (Å²) >= 11 is 0. The monoisotopic (exact) mass is 278 g/mol. The quantitative estimate of drug-likeness (QED) is 0.799. The van der Waals surface area contributed by atoms with Crippen LogP contribution in [0.15, 0.2) is 0 Å². The van der Waals surface area contributed by atoms with Gasteiger partial charge in [-0.15, -0.1) is 0 Å². The molecule has 0 aromatic carbocycles. The molecule has 1 N–H and O–H groups in total. The molecular formula is C18H34N2. The molecule has 0 radical (unpaired) electrons. The SMILES string of the molecule is CC(C)C1CC(NCC2CC2)CN(CC2CCCC2)C1. The maximum atomic E-state index is 3.88. The molecule has 1 aliphatic heterocycles. The summed E-state index contributed by atoms with van der Waals surface area (Å²) in [5.41, 5.74) is 0. The first-order chi connectivity index (χ1) is 9.70. The summed E-state index contributed by atoms with van der Waals surface area (Å²) in [5.74, 6) is 3.76.